The zero-order chi connectivity index (χ0) is 14.7. The Hall–Kier alpha value is -1.84. The van der Waals surface area contributed by atoms with Gasteiger partial charge in [0.15, 0.2) is 0 Å². The number of carbonyl (C=O) groups is 1. The second kappa shape index (κ2) is 6.29. The van der Waals surface area contributed by atoms with Gasteiger partial charge in [-0.25, -0.2) is 0 Å². The molecule has 1 heterocycles. The van der Waals surface area contributed by atoms with Crippen molar-refractivity contribution < 1.29 is 4.79 Å². The summed E-state index contributed by atoms with van der Waals surface area (Å²) in [6, 6.07) is 15.7. The van der Waals surface area contributed by atoms with Gasteiger partial charge in [-0.2, -0.15) is 0 Å². The lowest BCUT2D eigenvalue weighted by Crippen LogP contribution is -2.24. The highest BCUT2D eigenvalue weighted by Crippen LogP contribution is 2.25. The summed E-state index contributed by atoms with van der Waals surface area (Å²) in [5.74, 6) is 0.0125. The van der Waals surface area contributed by atoms with E-state index in [0.29, 0.717) is 18.0 Å². The van der Waals surface area contributed by atoms with Crippen molar-refractivity contribution >= 4 is 38.9 Å². The van der Waals surface area contributed by atoms with Gasteiger partial charge in [-0.3, -0.25) is 4.79 Å². The van der Waals surface area contributed by atoms with Crippen molar-refractivity contribution in [3.05, 3.63) is 70.1 Å². The smallest absolute Gasteiger partial charge is 0.224 e. The van der Waals surface area contributed by atoms with Gasteiger partial charge in [-0.15, -0.1) is 11.3 Å². The van der Waals surface area contributed by atoms with Crippen molar-refractivity contribution in [2.24, 2.45) is 0 Å². The molecule has 0 aliphatic heterocycles. The van der Waals surface area contributed by atoms with E-state index in [9.17, 15) is 4.79 Å². The summed E-state index contributed by atoms with van der Waals surface area (Å²) >= 11 is 7.75. The van der Waals surface area contributed by atoms with Crippen LogP contribution in [0.5, 0.6) is 0 Å². The predicted octanol–water partition coefficient (Wildman–Crippen LogP) is 4.41. The first kappa shape index (κ1) is 14.1. The lowest BCUT2D eigenvalue weighted by atomic mass is 10.1. The van der Waals surface area contributed by atoms with Crippen LogP contribution in [0.3, 0.4) is 0 Å². The summed E-state index contributed by atoms with van der Waals surface area (Å²) < 4.78 is 1.21. The summed E-state index contributed by atoms with van der Waals surface area (Å²) in [5, 5.41) is 6.82. The molecule has 0 atom stereocenters. The Bertz CT molecular complexity index is 781. The van der Waals surface area contributed by atoms with Gasteiger partial charge in [0, 0.05) is 16.3 Å². The fourth-order valence-corrected chi connectivity index (χ4v) is 3.41. The Morgan fingerprint density at radius 1 is 1.05 bits per heavy atom. The molecule has 0 bridgehead atoms. The quantitative estimate of drug-likeness (QED) is 0.759. The lowest BCUT2D eigenvalue weighted by Gasteiger charge is -2.06. The SMILES string of the molecule is O=C(Cc1csc2ccccc12)NCc1ccccc1Cl. The number of halogens is 1. The number of thiophene rings is 1. The van der Waals surface area contributed by atoms with Crippen molar-refractivity contribution in [1.82, 2.24) is 5.32 Å². The van der Waals surface area contributed by atoms with E-state index in [-0.39, 0.29) is 5.91 Å². The van der Waals surface area contributed by atoms with E-state index in [2.05, 4.69) is 22.8 Å². The summed E-state index contributed by atoms with van der Waals surface area (Å²) in [6.07, 6.45) is 0.397. The lowest BCUT2D eigenvalue weighted by molar-refractivity contribution is -0.120. The third-order valence-electron chi connectivity index (χ3n) is 3.35. The van der Waals surface area contributed by atoms with Gasteiger partial charge in [0.1, 0.15) is 0 Å². The zero-order valence-corrected chi connectivity index (χ0v) is 12.9. The molecular weight excluding hydrogens is 302 g/mol. The Labute approximate surface area is 132 Å². The fourth-order valence-electron chi connectivity index (χ4n) is 2.24. The molecule has 1 aromatic heterocycles. The first-order valence-electron chi connectivity index (χ1n) is 6.69. The number of benzene rings is 2. The Balaban J connectivity index is 1.66. The van der Waals surface area contributed by atoms with Crippen LogP contribution in [0.25, 0.3) is 10.1 Å². The van der Waals surface area contributed by atoms with Crippen LogP contribution in [0.2, 0.25) is 5.02 Å². The molecule has 0 saturated carbocycles. The highest BCUT2D eigenvalue weighted by Gasteiger charge is 2.09. The highest BCUT2D eigenvalue weighted by molar-refractivity contribution is 7.17. The minimum absolute atomic E-state index is 0.0125. The number of hydrogen-bond acceptors (Lipinski definition) is 2. The van der Waals surface area contributed by atoms with Crippen LogP contribution in [-0.4, -0.2) is 5.91 Å². The van der Waals surface area contributed by atoms with Gasteiger partial charge >= 0.3 is 0 Å². The maximum atomic E-state index is 12.1. The number of hydrogen-bond donors (Lipinski definition) is 1. The van der Waals surface area contributed by atoms with Crippen molar-refractivity contribution in [2.45, 2.75) is 13.0 Å². The van der Waals surface area contributed by atoms with Gasteiger partial charge in [-0.05, 0) is 34.0 Å². The molecule has 1 N–H and O–H groups in total. The summed E-state index contributed by atoms with van der Waals surface area (Å²) in [4.78, 5) is 12.1. The molecule has 0 radical (unpaired) electrons. The maximum absolute atomic E-state index is 12.1. The van der Waals surface area contributed by atoms with Crippen LogP contribution < -0.4 is 5.32 Å². The molecular formula is C17H14ClNOS. The summed E-state index contributed by atoms with van der Waals surface area (Å²) in [5.41, 5.74) is 2.01. The van der Waals surface area contributed by atoms with Crippen LogP contribution in [-0.2, 0) is 17.8 Å². The number of nitrogens with one attached hydrogen (secondary N) is 1. The third kappa shape index (κ3) is 3.26. The van der Waals surface area contributed by atoms with Gasteiger partial charge in [0.25, 0.3) is 0 Å². The second-order valence-electron chi connectivity index (χ2n) is 4.80. The topological polar surface area (TPSA) is 29.1 Å². The van der Waals surface area contributed by atoms with E-state index in [1.165, 1.54) is 4.70 Å². The molecule has 4 heteroatoms. The predicted molar refractivity (Wildman–Crippen MR) is 88.8 cm³/mol. The number of rotatable bonds is 4. The number of amides is 1. The molecule has 0 aliphatic rings. The normalized spacial score (nSPS) is 10.7. The van der Waals surface area contributed by atoms with Crippen LogP contribution in [0.1, 0.15) is 11.1 Å². The monoisotopic (exact) mass is 315 g/mol. The van der Waals surface area contributed by atoms with Crippen LogP contribution in [0, 0.1) is 0 Å². The fraction of sp³-hybridized carbons (Fsp3) is 0.118. The standard InChI is InChI=1S/C17H14ClNOS/c18-15-7-3-1-5-12(15)10-19-17(20)9-13-11-21-16-8-4-2-6-14(13)16/h1-8,11H,9-10H2,(H,19,20). The van der Waals surface area contributed by atoms with Crippen molar-refractivity contribution in [3.8, 4) is 0 Å². The Kier molecular flexibility index (Phi) is 4.23. The molecule has 21 heavy (non-hydrogen) atoms. The van der Waals surface area contributed by atoms with E-state index in [4.69, 9.17) is 11.6 Å². The molecule has 3 aromatic rings. The molecule has 0 spiro atoms. The molecule has 1 amide bonds. The third-order valence-corrected chi connectivity index (χ3v) is 4.73. The molecule has 3 rings (SSSR count). The van der Waals surface area contributed by atoms with E-state index in [1.807, 2.05) is 36.4 Å². The van der Waals surface area contributed by atoms with Crippen LogP contribution >= 0.6 is 22.9 Å². The van der Waals surface area contributed by atoms with Crippen molar-refractivity contribution in [3.63, 3.8) is 0 Å². The average molecular weight is 316 g/mol. The Morgan fingerprint density at radius 2 is 1.81 bits per heavy atom. The van der Waals surface area contributed by atoms with E-state index < -0.39 is 0 Å². The second-order valence-corrected chi connectivity index (χ2v) is 6.12. The molecule has 2 nitrogen and oxygen atoms in total. The van der Waals surface area contributed by atoms with Gasteiger partial charge in [-0.1, -0.05) is 48.0 Å². The molecule has 0 fully saturated rings. The first-order valence-corrected chi connectivity index (χ1v) is 7.95. The van der Waals surface area contributed by atoms with Crippen LogP contribution in [0.15, 0.2) is 53.9 Å². The molecule has 0 aliphatic carbocycles. The van der Waals surface area contributed by atoms with E-state index in [0.717, 1.165) is 16.5 Å². The van der Waals surface area contributed by atoms with E-state index in [1.54, 1.807) is 11.3 Å². The number of carbonyl (C=O) groups excluding carboxylic acids is 1. The Morgan fingerprint density at radius 3 is 2.67 bits per heavy atom. The molecule has 106 valence electrons. The van der Waals surface area contributed by atoms with Crippen LogP contribution in [0.4, 0.5) is 0 Å². The summed E-state index contributed by atoms with van der Waals surface area (Å²) in [6.45, 7) is 0.459. The number of fused-ring (bicyclic) bond motifs is 1. The zero-order valence-electron chi connectivity index (χ0n) is 11.3. The van der Waals surface area contributed by atoms with Crippen molar-refractivity contribution in [2.75, 3.05) is 0 Å². The van der Waals surface area contributed by atoms with Gasteiger partial charge in [0.2, 0.25) is 5.91 Å². The molecule has 0 saturated heterocycles. The highest BCUT2D eigenvalue weighted by atomic mass is 35.5. The minimum atomic E-state index is 0.0125. The molecule has 2 aromatic carbocycles. The van der Waals surface area contributed by atoms with E-state index >= 15 is 0 Å². The average Bonchev–Trinajstić information content (AvgIpc) is 2.90. The van der Waals surface area contributed by atoms with Crippen molar-refractivity contribution in [1.29, 1.82) is 0 Å². The summed E-state index contributed by atoms with van der Waals surface area (Å²) in [7, 11) is 0. The largest absolute Gasteiger partial charge is 0.352 e. The van der Waals surface area contributed by atoms with Gasteiger partial charge < -0.3 is 5.32 Å². The minimum Gasteiger partial charge on any atom is -0.352 e. The maximum Gasteiger partial charge on any atom is 0.224 e. The molecule has 0 unspecified atom stereocenters. The van der Waals surface area contributed by atoms with Gasteiger partial charge in [0.05, 0.1) is 6.42 Å². The first-order chi connectivity index (χ1) is 10.2.